The summed E-state index contributed by atoms with van der Waals surface area (Å²) >= 11 is 0. The lowest BCUT2D eigenvalue weighted by Gasteiger charge is -2.26. The van der Waals surface area contributed by atoms with Crippen LogP contribution in [0.5, 0.6) is 5.75 Å². The Bertz CT molecular complexity index is 1050. The first-order chi connectivity index (χ1) is 12.3. The Hall–Kier alpha value is -3.09. The van der Waals surface area contributed by atoms with E-state index in [0.717, 1.165) is 31.6 Å². The fourth-order valence-corrected chi connectivity index (χ4v) is 3.46. The summed E-state index contributed by atoms with van der Waals surface area (Å²) in [6.45, 7) is 1.48. The van der Waals surface area contributed by atoms with Crippen molar-refractivity contribution >= 4 is 17.0 Å². The summed E-state index contributed by atoms with van der Waals surface area (Å²) < 4.78 is 7.49. The molecule has 0 atom stereocenters. The van der Waals surface area contributed by atoms with Gasteiger partial charge in [-0.15, -0.1) is 0 Å². The third-order valence-corrected chi connectivity index (χ3v) is 4.66. The van der Waals surface area contributed by atoms with E-state index in [2.05, 4.69) is 27.1 Å². The zero-order valence-electron chi connectivity index (χ0n) is 13.6. The number of rotatable bonds is 0. The van der Waals surface area contributed by atoms with Gasteiger partial charge < -0.3 is 9.64 Å². The van der Waals surface area contributed by atoms with Crippen molar-refractivity contribution in [3.63, 3.8) is 0 Å². The normalized spacial score (nSPS) is 16.2. The number of hydrogen-bond acceptors (Lipinski definition) is 5. The minimum atomic E-state index is -0.263. The SMILES string of the molecule is O=c1[nH]c2nccc3c2n1-c1ccc2c(n1)N(C=CC2)CCCCO3. The first kappa shape index (κ1) is 14.3. The summed E-state index contributed by atoms with van der Waals surface area (Å²) in [6, 6.07) is 5.72. The predicted octanol–water partition coefficient (Wildman–Crippen LogP) is 2.16. The third kappa shape index (κ3) is 2.23. The third-order valence-electron chi connectivity index (χ3n) is 4.66. The van der Waals surface area contributed by atoms with Gasteiger partial charge in [0.1, 0.15) is 22.9 Å². The van der Waals surface area contributed by atoms with Gasteiger partial charge in [0, 0.05) is 25.0 Å². The van der Waals surface area contributed by atoms with Gasteiger partial charge >= 0.3 is 5.69 Å². The summed E-state index contributed by atoms with van der Waals surface area (Å²) in [6.07, 6.45) is 8.67. The van der Waals surface area contributed by atoms with Crippen LogP contribution in [-0.2, 0) is 6.42 Å². The highest BCUT2D eigenvalue weighted by Gasteiger charge is 2.20. The molecule has 0 unspecified atom stereocenters. The van der Waals surface area contributed by atoms with Crippen LogP contribution in [0, 0.1) is 0 Å². The second-order valence-corrected chi connectivity index (χ2v) is 6.26. The number of hydrogen-bond donors (Lipinski definition) is 1. The standard InChI is InChI=1S/C18H17N5O2/c24-18-21-16-15-13(7-8-19-16)25-11-2-1-9-22-10-3-4-12-5-6-14(23(15)18)20-17(12)22/h3,5-8,10H,1-2,4,9,11H2,(H,19,21,24). The molecule has 0 radical (unpaired) electrons. The lowest BCUT2D eigenvalue weighted by molar-refractivity contribution is 0.310. The molecule has 0 spiro atoms. The van der Waals surface area contributed by atoms with Gasteiger partial charge in [-0.05, 0) is 30.9 Å². The van der Waals surface area contributed by atoms with Crippen LogP contribution in [0.3, 0.4) is 0 Å². The number of fused-ring (bicyclic) bond motifs is 2. The van der Waals surface area contributed by atoms with Crippen molar-refractivity contribution in [3.8, 4) is 11.6 Å². The fourth-order valence-electron chi connectivity index (χ4n) is 3.46. The second kappa shape index (κ2) is 5.47. The molecule has 0 fully saturated rings. The molecule has 1 N–H and O–H groups in total. The van der Waals surface area contributed by atoms with Crippen LogP contribution >= 0.6 is 0 Å². The number of allylic oxidation sites excluding steroid dienone is 1. The maximum Gasteiger partial charge on any atom is 0.333 e. The Morgan fingerprint density at radius 1 is 1.20 bits per heavy atom. The molecule has 0 aliphatic carbocycles. The van der Waals surface area contributed by atoms with Crippen molar-refractivity contribution in [1.29, 1.82) is 0 Å². The zero-order valence-corrected chi connectivity index (χ0v) is 13.6. The molecule has 3 aromatic heterocycles. The monoisotopic (exact) mass is 335 g/mol. The van der Waals surface area contributed by atoms with E-state index in [1.165, 1.54) is 5.56 Å². The van der Waals surface area contributed by atoms with Gasteiger partial charge in [-0.25, -0.2) is 19.3 Å². The number of imidazole rings is 1. The van der Waals surface area contributed by atoms with Gasteiger partial charge in [-0.1, -0.05) is 12.1 Å². The Labute approximate surface area is 143 Å². The molecule has 2 bridgehead atoms. The number of nitrogens with one attached hydrogen (secondary N) is 1. The maximum atomic E-state index is 12.6. The topological polar surface area (TPSA) is 76.0 Å². The summed E-state index contributed by atoms with van der Waals surface area (Å²) in [5, 5.41) is 0. The minimum absolute atomic E-state index is 0.263. The molecule has 2 aliphatic heterocycles. The van der Waals surface area contributed by atoms with Gasteiger partial charge in [0.25, 0.3) is 0 Å². The molecular formula is C18H17N5O2. The van der Waals surface area contributed by atoms with Crippen LogP contribution in [0.4, 0.5) is 5.82 Å². The Balaban J connectivity index is 1.81. The molecule has 0 saturated heterocycles. The first-order valence-corrected chi connectivity index (χ1v) is 8.47. The number of aromatic nitrogens is 4. The average molecular weight is 335 g/mol. The van der Waals surface area contributed by atoms with Gasteiger partial charge in [-0.2, -0.15) is 0 Å². The van der Waals surface area contributed by atoms with E-state index in [1.54, 1.807) is 16.8 Å². The van der Waals surface area contributed by atoms with Crippen LogP contribution in [0.2, 0.25) is 0 Å². The minimum Gasteiger partial charge on any atom is -0.491 e. The van der Waals surface area contributed by atoms with Gasteiger partial charge in [0.2, 0.25) is 0 Å². The lowest BCUT2D eigenvalue weighted by atomic mass is 10.1. The van der Waals surface area contributed by atoms with Crippen LogP contribution in [-0.4, -0.2) is 32.7 Å². The number of ether oxygens (including phenoxy) is 1. The first-order valence-electron chi connectivity index (χ1n) is 8.47. The number of H-pyrrole nitrogens is 1. The maximum absolute atomic E-state index is 12.6. The van der Waals surface area contributed by atoms with E-state index in [0.29, 0.717) is 29.3 Å². The molecule has 126 valence electrons. The highest BCUT2D eigenvalue weighted by atomic mass is 16.5. The second-order valence-electron chi connectivity index (χ2n) is 6.26. The molecular weight excluding hydrogens is 318 g/mol. The van der Waals surface area contributed by atoms with E-state index in [4.69, 9.17) is 9.72 Å². The molecule has 5 heterocycles. The summed E-state index contributed by atoms with van der Waals surface area (Å²) in [5.41, 5.74) is 2.06. The fraction of sp³-hybridized carbons (Fsp3) is 0.278. The van der Waals surface area contributed by atoms with Crippen molar-refractivity contribution < 1.29 is 4.74 Å². The van der Waals surface area contributed by atoms with Crippen molar-refractivity contribution in [2.45, 2.75) is 19.3 Å². The average Bonchev–Trinajstić information content (AvgIpc) is 2.96. The van der Waals surface area contributed by atoms with Crippen LogP contribution in [0.1, 0.15) is 18.4 Å². The molecule has 3 aromatic rings. The van der Waals surface area contributed by atoms with Crippen LogP contribution in [0.25, 0.3) is 17.0 Å². The number of aromatic amines is 1. The van der Waals surface area contributed by atoms with Crippen molar-refractivity contribution in [1.82, 2.24) is 19.5 Å². The van der Waals surface area contributed by atoms with E-state index >= 15 is 0 Å². The largest absolute Gasteiger partial charge is 0.491 e. The molecule has 2 aliphatic rings. The van der Waals surface area contributed by atoms with Gasteiger partial charge in [-0.3, -0.25) is 4.98 Å². The van der Waals surface area contributed by atoms with Gasteiger partial charge in [0.15, 0.2) is 5.65 Å². The Morgan fingerprint density at radius 3 is 3.12 bits per heavy atom. The summed E-state index contributed by atoms with van der Waals surface area (Å²) in [5.74, 6) is 2.15. The van der Waals surface area contributed by atoms with Crippen LogP contribution in [0.15, 0.2) is 41.5 Å². The van der Waals surface area contributed by atoms with E-state index in [9.17, 15) is 4.79 Å². The van der Waals surface area contributed by atoms with E-state index in [-0.39, 0.29) is 5.69 Å². The lowest BCUT2D eigenvalue weighted by Crippen LogP contribution is -2.25. The van der Waals surface area contributed by atoms with Crippen molar-refractivity contribution in [3.05, 3.63) is 52.7 Å². The molecule has 0 amide bonds. The quantitative estimate of drug-likeness (QED) is 0.681. The van der Waals surface area contributed by atoms with Crippen molar-refractivity contribution in [2.75, 3.05) is 18.1 Å². The molecule has 25 heavy (non-hydrogen) atoms. The number of anilines is 1. The molecule has 0 aromatic carbocycles. The molecule has 7 heteroatoms. The molecule has 0 saturated carbocycles. The zero-order chi connectivity index (χ0) is 16.8. The van der Waals surface area contributed by atoms with Crippen molar-refractivity contribution in [2.24, 2.45) is 0 Å². The number of nitrogens with zero attached hydrogens (tertiary/aromatic N) is 4. The summed E-state index contributed by atoms with van der Waals surface area (Å²) in [7, 11) is 0. The molecule has 5 rings (SSSR count). The Morgan fingerprint density at radius 2 is 2.16 bits per heavy atom. The highest BCUT2D eigenvalue weighted by Crippen LogP contribution is 2.29. The van der Waals surface area contributed by atoms with Crippen LogP contribution < -0.4 is 15.3 Å². The van der Waals surface area contributed by atoms with E-state index in [1.807, 2.05) is 12.1 Å². The number of pyridine rings is 2. The molecule has 7 nitrogen and oxygen atoms in total. The van der Waals surface area contributed by atoms with Gasteiger partial charge in [0.05, 0.1) is 6.61 Å². The summed E-state index contributed by atoms with van der Waals surface area (Å²) in [4.78, 5) is 26.6. The highest BCUT2D eigenvalue weighted by molar-refractivity contribution is 5.80. The Kier molecular flexibility index (Phi) is 3.12. The van der Waals surface area contributed by atoms with E-state index < -0.39 is 0 Å². The predicted molar refractivity (Wildman–Crippen MR) is 94.4 cm³/mol. The smallest absolute Gasteiger partial charge is 0.333 e.